The second kappa shape index (κ2) is 7.45. The highest BCUT2D eigenvalue weighted by molar-refractivity contribution is 5.68. The number of benzene rings is 2. The number of carboxylic acids is 1. The van der Waals surface area contributed by atoms with Crippen molar-refractivity contribution in [3.05, 3.63) is 65.7 Å². The molecule has 0 aliphatic heterocycles. The maximum Gasteiger partial charge on any atom is 0.304 e. The second-order valence-corrected chi connectivity index (χ2v) is 4.87. The Labute approximate surface area is 124 Å². The Morgan fingerprint density at radius 1 is 1.10 bits per heavy atom. The van der Waals surface area contributed by atoms with E-state index in [4.69, 9.17) is 15.6 Å². The molecule has 21 heavy (non-hydrogen) atoms. The summed E-state index contributed by atoms with van der Waals surface area (Å²) in [6.45, 7) is 0.826. The third-order valence-corrected chi connectivity index (χ3v) is 3.31. The summed E-state index contributed by atoms with van der Waals surface area (Å²) in [6.07, 6.45) is 0.0424. The lowest BCUT2D eigenvalue weighted by Crippen LogP contribution is -2.16. The van der Waals surface area contributed by atoms with E-state index in [1.165, 1.54) is 0 Å². The maximum atomic E-state index is 10.8. The van der Waals surface area contributed by atoms with Crippen LogP contribution in [0.15, 0.2) is 54.6 Å². The van der Waals surface area contributed by atoms with E-state index in [1.807, 2.05) is 54.6 Å². The van der Waals surface area contributed by atoms with Gasteiger partial charge in [-0.2, -0.15) is 0 Å². The molecule has 0 saturated carbocycles. The van der Waals surface area contributed by atoms with E-state index >= 15 is 0 Å². The van der Waals surface area contributed by atoms with Gasteiger partial charge < -0.3 is 15.6 Å². The number of hydrogen-bond donors (Lipinski definition) is 2. The first-order valence-corrected chi connectivity index (χ1v) is 6.87. The summed E-state index contributed by atoms with van der Waals surface area (Å²) in [5, 5.41) is 8.86. The fraction of sp³-hybridized carbons (Fsp3) is 0.235. The summed E-state index contributed by atoms with van der Waals surface area (Å²) in [4.78, 5) is 10.8. The van der Waals surface area contributed by atoms with Crippen molar-refractivity contribution in [2.24, 2.45) is 5.73 Å². The zero-order valence-electron chi connectivity index (χ0n) is 11.7. The third-order valence-electron chi connectivity index (χ3n) is 3.31. The summed E-state index contributed by atoms with van der Waals surface area (Å²) in [5.74, 6) is -0.241. The lowest BCUT2D eigenvalue weighted by atomic mass is 9.96. The number of aliphatic carboxylic acids is 1. The van der Waals surface area contributed by atoms with Crippen LogP contribution in [0, 0.1) is 0 Å². The van der Waals surface area contributed by atoms with Gasteiger partial charge >= 0.3 is 5.97 Å². The molecule has 3 N–H and O–H groups in total. The van der Waals surface area contributed by atoms with Gasteiger partial charge in [-0.3, -0.25) is 4.79 Å². The molecule has 4 nitrogen and oxygen atoms in total. The molecule has 0 unspecified atom stereocenters. The van der Waals surface area contributed by atoms with Crippen LogP contribution in [0.4, 0.5) is 0 Å². The Bertz CT molecular complexity index is 566. The molecule has 2 aromatic rings. The predicted molar refractivity (Wildman–Crippen MR) is 81.3 cm³/mol. The van der Waals surface area contributed by atoms with Crippen molar-refractivity contribution < 1.29 is 14.6 Å². The zero-order chi connectivity index (χ0) is 15.1. The fourth-order valence-electron chi connectivity index (χ4n) is 2.13. The molecule has 0 bridgehead atoms. The van der Waals surface area contributed by atoms with Crippen LogP contribution in [-0.4, -0.2) is 17.6 Å². The molecule has 0 aliphatic carbocycles. The van der Waals surface area contributed by atoms with E-state index in [2.05, 4.69) is 0 Å². The SMILES string of the molecule is NC[C@H](CC(=O)O)c1ccc(OCc2ccccc2)cc1. The molecule has 110 valence electrons. The number of carbonyl (C=O) groups is 1. The average molecular weight is 285 g/mol. The summed E-state index contributed by atoms with van der Waals surface area (Å²) in [6, 6.07) is 17.4. The predicted octanol–water partition coefficient (Wildman–Crippen LogP) is 2.78. The van der Waals surface area contributed by atoms with Crippen LogP contribution in [0.1, 0.15) is 23.5 Å². The van der Waals surface area contributed by atoms with Gasteiger partial charge in [0.25, 0.3) is 0 Å². The van der Waals surface area contributed by atoms with Gasteiger partial charge in [0.1, 0.15) is 12.4 Å². The molecule has 0 spiro atoms. The first-order valence-electron chi connectivity index (χ1n) is 6.87. The Kier molecular flexibility index (Phi) is 5.35. The molecule has 1 atom stereocenters. The van der Waals surface area contributed by atoms with Gasteiger partial charge in [0, 0.05) is 5.92 Å². The fourth-order valence-corrected chi connectivity index (χ4v) is 2.13. The van der Waals surface area contributed by atoms with Crippen molar-refractivity contribution in [3.8, 4) is 5.75 Å². The van der Waals surface area contributed by atoms with Gasteiger partial charge in [-0.05, 0) is 29.8 Å². The van der Waals surface area contributed by atoms with E-state index in [0.717, 1.165) is 16.9 Å². The van der Waals surface area contributed by atoms with E-state index in [0.29, 0.717) is 13.2 Å². The Morgan fingerprint density at radius 2 is 1.76 bits per heavy atom. The second-order valence-electron chi connectivity index (χ2n) is 4.87. The monoisotopic (exact) mass is 285 g/mol. The summed E-state index contributed by atoms with van der Waals surface area (Å²) < 4.78 is 5.69. The highest BCUT2D eigenvalue weighted by Gasteiger charge is 2.13. The van der Waals surface area contributed by atoms with Crippen LogP contribution in [0.2, 0.25) is 0 Å². The minimum absolute atomic E-state index is 0.0424. The van der Waals surface area contributed by atoms with Crippen LogP contribution in [0.3, 0.4) is 0 Å². The van der Waals surface area contributed by atoms with E-state index in [9.17, 15) is 4.79 Å². The first-order chi connectivity index (χ1) is 10.2. The molecule has 2 aromatic carbocycles. The van der Waals surface area contributed by atoms with E-state index < -0.39 is 5.97 Å². The van der Waals surface area contributed by atoms with Crippen LogP contribution < -0.4 is 10.5 Å². The van der Waals surface area contributed by atoms with Gasteiger partial charge in [0.2, 0.25) is 0 Å². The number of carboxylic acid groups (broad SMARTS) is 1. The molecule has 4 heteroatoms. The molecule has 0 aromatic heterocycles. The first kappa shape index (κ1) is 15.1. The van der Waals surface area contributed by atoms with Crippen LogP contribution in [-0.2, 0) is 11.4 Å². The average Bonchev–Trinajstić information content (AvgIpc) is 2.52. The molecule has 0 saturated heterocycles. The van der Waals surface area contributed by atoms with Gasteiger partial charge in [-0.1, -0.05) is 42.5 Å². The van der Waals surface area contributed by atoms with E-state index in [-0.39, 0.29) is 12.3 Å². The van der Waals surface area contributed by atoms with Crippen molar-refractivity contribution >= 4 is 5.97 Å². The Balaban J connectivity index is 1.96. The molecule has 0 aliphatic rings. The molecule has 0 fully saturated rings. The number of rotatable bonds is 7. The molecule has 0 radical (unpaired) electrons. The normalized spacial score (nSPS) is 11.9. The zero-order valence-corrected chi connectivity index (χ0v) is 11.7. The largest absolute Gasteiger partial charge is 0.489 e. The van der Waals surface area contributed by atoms with Gasteiger partial charge in [-0.25, -0.2) is 0 Å². The Hall–Kier alpha value is -2.33. The number of ether oxygens (including phenoxy) is 1. The number of nitrogens with two attached hydrogens (primary N) is 1. The molecular weight excluding hydrogens is 266 g/mol. The molecule has 0 heterocycles. The maximum absolute atomic E-state index is 10.8. The Morgan fingerprint density at radius 3 is 2.33 bits per heavy atom. The summed E-state index contributed by atoms with van der Waals surface area (Å²) in [5.41, 5.74) is 7.66. The van der Waals surface area contributed by atoms with Crippen LogP contribution in [0.5, 0.6) is 5.75 Å². The molecule has 0 amide bonds. The molecular formula is C17H19NO3. The standard InChI is InChI=1S/C17H19NO3/c18-11-15(10-17(19)20)14-6-8-16(9-7-14)21-12-13-4-2-1-3-5-13/h1-9,15H,10-12,18H2,(H,19,20)/t15-/m0/s1. The van der Waals surface area contributed by atoms with Gasteiger partial charge in [0.15, 0.2) is 0 Å². The highest BCUT2D eigenvalue weighted by Crippen LogP contribution is 2.22. The molecule has 2 rings (SSSR count). The summed E-state index contributed by atoms with van der Waals surface area (Å²) >= 11 is 0. The van der Waals surface area contributed by atoms with Crippen LogP contribution >= 0.6 is 0 Å². The van der Waals surface area contributed by atoms with Gasteiger partial charge in [-0.15, -0.1) is 0 Å². The minimum Gasteiger partial charge on any atom is -0.489 e. The van der Waals surface area contributed by atoms with Crippen molar-refractivity contribution in [3.63, 3.8) is 0 Å². The van der Waals surface area contributed by atoms with E-state index in [1.54, 1.807) is 0 Å². The van der Waals surface area contributed by atoms with Gasteiger partial charge in [0.05, 0.1) is 6.42 Å². The quantitative estimate of drug-likeness (QED) is 0.820. The topological polar surface area (TPSA) is 72.6 Å². The minimum atomic E-state index is -0.838. The summed E-state index contributed by atoms with van der Waals surface area (Å²) in [7, 11) is 0. The van der Waals surface area contributed by atoms with Crippen molar-refractivity contribution in [2.45, 2.75) is 18.9 Å². The highest BCUT2D eigenvalue weighted by atomic mass is 16.5. The number of hydrogen-bond acceptors (Lipinski definition) is 3. The lowest BCUT2D eigenvalue weighted by molar-refractivity contribution is -0.137. The smallest absolute Gasteiger partial charge is 0.304 e. The van der Waals surface area contributed by atoms with Crippen LogP contribution in [0.25, 0.3) is 0 Å². The van der Waals surface area contributed by atoms with Crippen molar-refractivity contribution in [1.82, 2.24) is 0 Å². The van der Waals surface area contributed by atoms with Crippen molar-refractivity contribution in [2.75, 3.05) is 6.54 Å². The third kappa shape index (κ3) is 4.61. The van der Waals surface area contributed by atoms with Crippen molar-refractivity contribution in [1.29, 1.82) is 0 Å². The lowest BCUT2D eigenvalue weighted by Gasteiger charge is -2.13.